The maximum absolute atomic E-state index is 9.16. The molecule has 3 heteroatoms. The van der Waals surface area contributed by atoms with Crippen molar-refractivity contribution < 1.29 is 0 Å². The molecule has 1 heterocycles. The summed E-state index contributed by atoms with van der Waals surface area (Å²) < 4.78 is 0. The molecule has 84 valence electrons. The lowest BCUT2D eigenvalue weighted by atomic mass is 9.81. The van der Waals surface area contributed by atoms with Gasteiger partial charge in [0.05, 0.1) is 23.3 Å². The molecule has 1 rings (SSSR count). The number of nitriles is 2. The van der Waals surface area contributed by atoms with E-state index in [1.54, 1.807) is 0 Å². The molecule has 0 aliphatic carbocycles. The van der Waals surface area contributed by atoms with Crippen molar-refractivity contribution >= 4 is 0 Å². The molecule has 0 aromatic heterocycles. The van der Waals surface area contributed by atoms with Gasteiger partial charge in [0.25, 0.3) is 0 Å². The zero-order valence-electron chi connectivity index (χ0n) is 10.3. The fourth-order valence-corrected chi connectivity index (χ4v) is 2.11. The third kappa shape index (κ3) is 2.25. The normalized spacial score (nSPS) is 17.2. The van der Waals surface area contributed by atoms with Gasteiger partial charge in [0.1, 0.15) is 0 Å². The van der Waals surface area contributed by atoms with Crippen molar-refractivity contribution in [1.82, 2.24) is 5.32 Å². The van der Waals surface area contributed by atoms with Crippen molar-refractivity contribution in [3.63, 3.8) is 0 Å². The van der Waals surface area contributed by atoms with Crippen LogP contribution in [-0.4, -0.2) is 0 Å². The van der Waals surface area contributed by atoms with Gasteiger partial charge in [0.2, 0.25) is 0 Å². The highest BCUT2D eigenvalue weighted by Crippen LogP contribution is 2.33. The Morgan fingerprint density at radius 2 is 1.56 bits per heavy atom. The summed E-state index contributed by atoms with van der Waals surface area (Å²) in [4.78, 5) is 0. The number of rotatable bonds is 2. The predicted molar refractivity (Wildman–Crippen MR) is 62.7 cm³/mol. The topological polar surface area (TPSA) is 59.6 Å². The van der Waals surface area contributed by atoms with Crippen LogP contribution in [0.5, 0.6) is 0 Å². The minimum atomic E-state index is -0.0313. The van der Waals surface area contributed by atoms with Gasteiger partial charge in [0, 0.05) is 17.3 Å². The molecule has 1 aliphatic heterocycles. The monoisotopic (exact) mass is 215 g/mol. The van der Waals surface area contributed by atoms with E-state index in [9.17, 15) is 0 Å². The van der Waals surface area contributed by atoms with Crippen molar-refractivity contribution in [1.29, 1.82) is 10.5 Å². The first-order valence-electron chi connectivity index (χ1n) is 5.50. The van der Waals surface area contributed by atoms with E-state index in [-0.39, 0.29) is 5.92 Å². The molecule has 1 N–H and O–H groups in total. The van der Waals surface area contributed by atoms with Crippen molar-refractivity contribution in [3.8, 4) is 12.1 Å². The molecule has 0 saturated carbocycles. The Balaban J connectivity index is 3.17. The molecule has 0 radical (unpaired) electrons. The SMILES string of the molecule is CC1=C(C#N)C(CC(C)C)C(C#N)=C(C)N1. The average Bonchev–Trinajstić information content (AvgIpc) is 2.17. The molecule has 0 saturated heterocycles. The molecule has 0 aromatic rings. The van der Waals surface area contributed by atoms with Gasteiger partial charge in [-0.1, -0.05) is 13.8 Å². The second-order valence-electron chi connectivity index (χ2n) is 4.61. The van der Waals surface area contributed by atoms with Gasteiger partial charge in [-0.05, 0) is 26.2 Å². The van der Waals surface area contributed by atoms with E-state index in [1.165, 1.54) is 0 Å². The Bertz CT molecular complexity index is 391. The van der Waals surface area contributed by atoms with Gasteiger partial charge in [-0.2, -0.15) is 10.5 Å². The van der Waals surface area contributed by atoms with Crippen molar-refractivity contribution in [2.45, 2.75) is 34.1 Å². The van der Waals surface area contributed by atoms with E-state index in [4.69, 9.17) is 10.5 Å². The van der Waals surface area contributed by atoms with Crippen LogP contribution < -0.4 is 5.32 Å². The van der Waals surface area contributed by atoms with Crippen molar-refractivity contribution in [2.24, 2.45) is 11.8 Å². The second kappa shape index (κ2) is 4.86. The van der Waals surface area contributed by atoms with Gasteiger partial charge in [-0.15, -0.1) is 0 Å². The van der Waals surface area contributed by atoms with Crippen LogP contribution in [0.2, 0.25) is 0 Å². The maximum atomic E-state index is 9.16. The minimum absolute atomic E-state index is 0.0313. The van der Waals surface area contributed by atoms with Gasteiger partial charge in [-0.3, -0.25) is 0 Å². The van der Waals surface area contributed by atoms with E-state index in [0.717, 1.165) is 17.8 Å². The Kier molecular flexibility index (Phi) is 3.74. The molecule has 0 aromatic carbocycles. The van der Waals surface area contributed by atoms with Crippen LogP contribution in [0.4, 0.5) is 0 Å². The quantitative estimate of drug-likeness (QED) is 0.770. The number of hydrogen-bond donors (Lipinski definition) is 1. The van der Waals surface area contributed by atoms with Crippen LogP contribution in [0.25, 0.3) is 0 Å². The Hall–Kier alpha value is -1.74. The molecule has 0 bridgehead atoms. The zero-order chi connectivity index (χ0) is 12.3. The Morgan fingerprint density at radius 1 is 1.12 bits per heavy atom. The summed E-state index contributed by atoms with van der Waals surface area (Å²) in [6, 6.07) is 4.45. The summed E-state index contributed by atoms with van der Waals surface area (Å²) in [7, 11) is 0. The highest BCUT2D eigenvalue weighted by atomic mass is 14.9. The molecule has 0 fully saturated rings. The maximum Gasteiger partial charge on any atom is 0.0972 e. The summed E-state index contributed by atoms with van der Waals surface area (Å²) in [5.41, 5.74) is 3.17. The second-order valence-corrected chi connectivity index (χ2v) is 4.61. The minimum Gasteiger partial charge on any atom is -0.361 e. The summed E-state index contributed by atoms with van der Waals surface area (Å²) in [6.07, 6.45) is 0.849. The number of hydrogen-bond acceptors (Lipinski definition) is 3. The summed E-state index contributed by atoms with van der Waals surface area (Å²) in [5, 5.41) is 21.4. The van der Waals surface area contributed by atoms with Crippen LogP contribution >= 0.6 is 0 Å². The summed E-state index contributed by atoms with van der Waals surface area (Å²) >= 11 is 0. The number of nitrogens with zero attached hydrogens (tertiary/aromatic N) is 2. The van der Waals surface area contributed by atoms with Crippen LogP contribution in [0, 0.1) is 34.5 Å². The lowest BCUT2D eigenvalue weighted by Gasteiger charge is -2.26. The van der Waals surface area contributed by atoms with Gasteiger partial charge in [0.15, 0.2) is 0 Å². The molecule has 1 aliphatic rings. The first-order chi connectivity index (χ1) is 7.51. The van der Waals surface area contributed by atoms with E-state index in [0.29, 0.717) is 17.1 Å². The number of nitrogens with one attached hydrogen (secondary N) is 1. The first-order valence-corrected chi connectivity index (χ1v) is 5.50. The fourth-order valence-electron chi connectivity index (χ4n) is 2.11. The number of dihydropyridines is 1. The van der Waals surface area contributed by atoms with Crippen molar-refractivity contribution in [2.75, 3.05) is 0 Å². The molecule has 0 amide bonds. The third-order valence-corrected chi connectivity index (χ3v) is 2.83. The Morgan fingerprint density at radius 3 is 1.88 bits per heavy atom. The van der Waals surface area contributed by atoms with Crippen LogP contribution in [0.1, 0.15) is 34.1 Å². The highest BCUT2D eigenvalue weighted by Gasteiger charge is 2.27. The van der Waals surface area contributed by atoms with E-state index in [1.807, 2.05) is 13.8 Å². The van der Waals surface area contributed by atoms with Crippen LogP contribution in [0.3, 0.4) is 0 Å². The highest BCUT2D eigenvalue weighted by molar-refractivity contribution is 5.46. The smallest absolute Gasteiger partial charge is 0.0972 e. The predicted octanol–water partition coefficient (Wildman–Crippen LogP) is 2.85. The van der Waals surface area contributed by atoms with Crippen LogP contribution in [-0.2, 0) is 0 Å². The summed E-state index contributed by atoms with van der Waals surface area (Å²) in [5.74, 6) is 0.437. The molecule has 0 atom stereocenters. The first kappa shape index (κ1) is 12.3. The van der Waals surface area contributed by atoms with E-state index in [2.05, 4.69) is 31.3 Å². The average molecular weight is 215 g/mol. The zero-order valence-corrected chi connectivity index (χ0v) is 10.3. The summed E-state index contributed by atoms with van der Waals surface area (Å²) in [6.45, 7) is 8.00. The van der Waals surface area contributed by atoms with E-state index >= 15 is 0 Å². The third-order valence-electron chi connectivity index (χ3n) is 2.83. The Labute approximate surface area is 97.1 Å². The van der Waals surface area contributed by atoms with Gasteiger partial charge < -0.3 is 5.32 Å². The molecular formula is C13H17N3. The molecular weight excluding hydrogens is 198 g/mol. The lowest BCUT2D eigenvalue weighted by Crippen LogP contribution is -2.25. The standard InChI is InChI=1S/C13H17N3/c1-8(2)5-11-12(6-14)9(3)16-10(4)13(11)7-15/h8,11,16H,5H2,1-4H3. The largest absolute Gasteiger partial charge is 0.361 e. The van der Waals surface area contributed by atoms with Crippen LogP contribution in [0.15, 0.2) is 22.5 Å². The molecule has 3 nitrogen and oxygen atoms in total. The van der Waals surface area contributed by atoms with Gasteiger partial charge in [-0.25, -0.2) is 0 Å². The van der Waals surface area contributed by atoms with Crippen molar-refractivity contribution in [3.05, 3.63) is 22.5 Å². The number of allylic oxidation sites excluding steroid dienone is 4. The van der Waals surface area contributed by atoms with Gasteiger partial charge >= 0.3 is 0 Å². The molecule has 0 spiro atoms. The lowest BCUT2D eigenvalue weighted by molar-refractivity contribution is 0.500. The fraction of sp³-hybridized carbons (Fsp3) is 0.538. The molecule has 16 heavy (non-hydrogen) atoms. The molecule has 0 unspecified atom stereocenters. The van der Waals surface area contributed by atoms with E-state index < -0.39 is 0 Å².